The minimum Gasteiger partial charge on any atom is -0.493 e. The van der Waals surface area contributed by atoms with Crippen molar-refractivity contribution in [1.29, 1.82) is 0 Å². The number of rotatable bonds is 3. The summed E-state index contributed by atoms with van der Waals surface area (Å²) in [6.45, 7) is 7.99. The number of H-pyrrole nitrogens is 1. The zero-order chi connectivity index (χ0) is 22.9. The average molecular weight is 427 g/mol. The molecule has 0 saturated carbocycles. The van der Waals surface area contributed by atoms with E-state index >= 15 is 0 Å². The Morgan fingerprint density at radius 2 is 1.94 bits per heavy atom. The molecule has 1 aliphatic rings. The summed E-state index contributed by atoms with van der Waals surface area (Å²) in [5, 5.41) is 18.7. The van der Waals surface area contributed by atoms with E-state index < -0.39 is 11.6 Å². The Balaban J connectivity index is 0.000000491. The predicted molar refractivity (Wildman–Crippen MR) is 121 cm³/mol. The SMILES string of the molecule is CC(C)(C)O.Cc1c(-c2c(CC(=O)O)n(C)c(=O)c3[nH]ccc23)ccc2c1CCCO2. The standard InChI is InChI=1S/C20H20N2O4.C4H10O/c1-11-12-4-3-9-26-16(12)6-5-13(11)18-14-7-8-21-19(14)20(25)22(2)15(18)10-17(23)24;1-4(2,3)5/h5-8,21H,3-4,9-10H2,1-2H3,(H,23,24);5H,1-3H3. The Hall–Kier alpha value is -3.06. The fourth-order valence-corrected chi connectivity index (χ4v) is 3.90. The first-order valence-electron chi connectivity index (χ1n) is 10.4. The first kappa shape index (κ1) is 22.6. The van der Waals surface area contributed by atoms with Crippen LogP contribution in [0.3, 0.4) is 0 Å². The van der Waals surface area contributed by atoms with Gasteiger partial charge in [-0.15, -0.1) is 0 Å². The van der Waals surface area contributed by atoms with E-state index in [1.54, 1.807) is 34.0 Å². The van der Waals surface area contributed by atoms with Crippen molar-refractivity contribution in [3.05, 3.63) is 51.6 Å². The van der Waals surface area contributed by atoms with Gasteiger partial charge in [-0.1, -0.05) is 6.07 Å². The molecule has 0 spiro atoms. The Morgan fingerprint density at radius 3 is 2.58 bits per heavy atom. The Kier molecular flexibility index (Phi) is 6.27. The molecule has 0 unspecified atom stereocenters. The third kappa shape index (κ3) is 4.82. The van der Waals surface area contributed by atoms with E-state index in [4.69, 9.17) is 9.84 Å². The van der Waals surface area contributed by atoms with Crippen molar-refractivity contribution < 1.29 is 19.7 Å². The molecule has 166 valence electrons. The molecule has 1 aliphatic heterocycles. The molecular formula is C24H30N2O5. The van der Waals surface area contributed by atoms with Gasteiger partial charge in [0.05, 0.1) is 18.6 Å². The summed E-state index contributed by atoms with van der Waals surface area (Å²) in [5.74, 6) is -0.0671. The first-order chi connectivity index (χ1) is 14.5. The molecule has 0 bridgehead atoms. The van der Waals surface area contributed by atoms with Crippen LogP contribution in [-0.2, 0) is 24.7 Å². The molecule has 2 aromatic heterocycles. The number of carbonyl (C=O) groups is 1. The van der Waals surface area contributed by atoms with Gasteiger partial charge >= 0.3 is 5.97 Å². The highest BCUT2D eigenvalue weighted by Crippen LogP contribution is 2.38. The number of aliphatic hydroxyl groups is 1. The number of fused-ring (bicyclic) bond motifs is 2. The van der Waals surface area contributed by atoms with Gasteiger partial charge in [0.25, 0.3) is 5.56 Å². The quantitative estimate of drug-likeness (QED) is 0.594. The number of nitrogens with zero attached hydrogens (tertiary/aromatic N) is 1. The molecule has 7 nitrogen and oxygen atoms in total. The number of carboxylic acid groups (broad SMARTS) is 1. The maximum absolute atomic E-state index is 12.6. The van der Waals surface area contributed by atoms with Crippen molar-refractivity contribution in [2.24, 2.45) is 7.05 Å². The van der Waals surface area contributed by atoms with Crippen LogP contribution in [0.25, 0.3) is 22.0 Å². The van der Waals surface area contributed by atoms with Crippen molar-refractivity contribution >= 4 is 16.9 Å². The normalized spacial score (nSPS) is 13.2. The zero-order valence-electron chi connectivity index (χ0n) is 18.7. The van der Waals surface area contributed by atoms with Gasteiger partial charge in [0.1, 0.15) is 11.3 Å². The first-order valence-corrected chi connectivity index (χ1v) is 10.4. The van der Waals surface area contributed by atoms with Gasteiger partial charge in [-0.05, 0) is 69.4 Å². The summed E-state index contributed by atoms with van der Waals surface area (Å²) in [6.07, 6.45) is 3.41. The van der Waals surface area contributed by atoms with Gasteiger partial charge in [-0.25, -0.2) is 0 Å². The number of aromatic nitrogens is 2. The molecular weight excluding hydrogens is 396 g/mol. The molecule has 3 aromatic rings. The molecule has 3 N–H and O–H groups in total. The lowest BCUT2D eigenvalue weighted by Crippen LogP contribution is -2.24. The minimum absolute atomic E-state index is 0.213. The summed E-state index contributed by atoms with van der Waals surface area (Å²) in [6, 6.07) is 5.76. The van der Waals surface area contributed by atoms with E-state index in [9.17, 15) is 14.7 Å². The second-order valence-corrected chi connectivity index (χ2v) is 8.86. The van der Waals surface area contributed by atoms with Crippen LogP contribution in [-0.4, -0.2) is 37.9 Å². The summed E-state index contributed by atoms with van der Waals surface area (Å²) in [4.78, 5) is 27.1. The summed E-state index contributed by atoms with van der Waals surface area (Å²) < 4.78 is 7.19. The number of hydrogen-bond donors (Lipinski definition) is 3. The third-order valence-electron chi connectivity index (χ3n) is 5.20. The molecule has 0 atom stereocenters. The Morgan fingerprint density at radius 1 is 1.26 bits per heavy atom. The van der Waals surface area contributed by atoms with Crippen molar-refractivity contribution in [2.75, 3.05) is 6.61 Å². The van der Waals surface area contributed by atoms with Crippen LogP contribution in [0, 0.1) is 6.92 Å². The molecule has 0 fully saturated rings. The number of hydrogen-bond acceptors (Lipinski definition) is 4. The van der Waals surface area contributed by atoms with Crippen molar-refractivity contribution in [3.63, 3.8) is 0 Å². The second-order valence-electron chi connectivity index (χ2n) is 8.86. The minimum atomic E-state index is -0.963. The summed E-state index contributed by atoms with van der Waals surface area (Å²) >= 11 is 0. The third-order valence-corrected chi connectivity index (χ3v) is 5.20. The van der Waals surface area contributed by atoms with Crippen molar-refractivity contribution in [1.82, 2.24) is 9.55 Å². The lowest BCUT2D eigenvalue weighted by molar-refractivity contribution is -0.136. The highest BCUT2D eigenvalue weighted by molar-refractivity contribution is 5.98. The van der Waals surface area contributed by atoms with E-state index in [0.29, 0.717) is 11.2 Å². The maximum atomic E-state index is 12.6. The molecule has 31 heavy (non-hydrogen) atoms. The van der Waals surface area contributed by atoms with E-state index in [1.807, 2.05) is 25.1 Å². The van der Waals surface area contributed by atoms with Crippen LogP contribution in [0.2, 0.25) is 0 Å². The van der Waals surface area contributed by atoms with Crippen LogP contribution in [0.4, 0.5) is 0 Å². The van der Waals surface area contributed by atoms with Gasteiger partial charge < -0.3 is 24.5 Å². The van der Waals surface area contributed by atoms with Crippen molar-refractivity contribution in [2.45, 2.75) is 52.6 Å². The number of benzene rings is 1. The molecule has 1 aromatic carbocycles. The number of aliphatic carboxylic acids is 1. The summed E-state index contributed by atoms with van der Waals surface area (Å²) in [7, 11) is 1.63. The fourth-order valence-electron chi connectivity index (χ4n) is 3.90. The topological polar surface area (TPSA) is 105 Å². The fraction of sp³-hybridized carbons (Fsp3) is 0.417. The smallest absolute Gasteiger partial charge is 0.309 e. The van der Waals surface area contributed by atoms with Gasteiger partial charge in [0, 0.05) is 29.9 Å². The zero-order valence-corrected chi connectivity index (χ0v) is 18.7. The molecule has 0 amide bonds. The van der Waals surface area contributed by atoms with Crippen LogP contribution in [0.1, 0.15) is 44.0 Å². The molecule has 0 aliphatic carbocycles. The van der Waals surface area contributed by atoms with Crippen LogP contribution < -0.4 is 10.3 Å². The maximum Gasteiger partial charge on any atom is 0.309 e. The van der Waals surface area contributed by atoms with Crippen molar-refractivity contribution in [3.8, 4) is 16.9 Å². The van der Waals surface area contributed by atoms with Gasteiger partial charge in [0.2, 0.25) is 0 Å². The van der Waals surface area contributed by atoms with E-state index in [1.165, 1.54) is 4.57 Å². The number of aromatic amines is 1. The van der Waals surface area contributed by atoms with Crippen LogP contribution in [0.5, 0.6) is 5.75 Å². The number of carboxylic acids is 1. The lowest BCUT2D eigenvalue weighted by atomic mass is 9.89. The molecule has 0 radical (unpaired) electrons. The van der Waals surface area contributed by atoms with Crippen LogP contribution >= 0.6 is 0 Å². The molecule has 4 rings (SSSR count). The molecule has 7 heteroatoms. The van der Waals surface area contributed by atoms with Gasteiger partial charge in [-0.3, -0.25) is 9.59 Å². The molecule has 0 saturated heterocycles. The van der Waals surface area contributed by atoms with Gasteiger partial charge in [-0.2, -0.15) is 0 Å². The Bertz CT molecular complexity index is 1180. The largest absolute Gasteiger partial charge is 0.493 e. The molecule has 3 heterocycles. The van der Waals surface area contributed by atoms with Gasteiger partial charge in [0.15, 0.2) is 0 Å². The predicted octanol–water partition coefficient (Wildman–Crippen LogP) is 3.57. The number of nitrogens with one attached hydrogen (secondary N) is 1. The van der Waals surface area contributed by atoms with E-state index in [0.717, 1.165) is 52.8 Å². The Labute approximate surface area is 181 Å². The summed E-state index contributed by atoms with van der Waals surface area (Å²) in [5.41, 5.74) is 4.27. The highest BCUT2D eigenvalue weighted by Gasteiger charge is 2.23. The highest BCUT2D eigenvalue weighted by atomic mass is 16.5. The number of ether oxygens (including phenoxy) is 1. The average Bonchev–Trinajstić information content (AvgIpc) is 3.16. The van der Waals surface area contributed by atoms with Crippen LogP contribution in [0.15, 0.2) is 29.2 Å². The van der Waals surface area contributed by atoms with E-state index in [-0.39, 0.29) is 12.0 Å². The monoisotopic (exact) mass is 426 g/mol. The second kappa shape index (κ2) is 8.59. The number of pyridine rings is 1. The lowest BCUT2D eigenvalue weighted by Gasteiger charge is -2.23. The van der Waals surface area contributed by atoms with E-state index in [2.05, 4.69) is 4.98 Å².